The summed E-state index contributed by atoms with van der Waals surface area (Å²) >= 11 is 0. The van der Waals surface area contributed by atoms with Crippen LogP contribution in [0.1, 0.15) is 56.1 Å². The van der Waals surface area contributed by atoms with E-state index in [0.717, 1.165) is 62.7 Å². The van der Waals surface area contributed by atoms with E-state index in [0.29, 0.717) is 30.1 Å². The van der Waals surface area contributed by atoms with Gasteiger partial charge in [-0.2, -0.15) is 0 Å². The minimum Gasteiger partial charge on any atom is -0.495 e. The van der Waals surface area contributed by atoms with Crippen LogP contribution < -0.4 is 15.0 Å². The van der Waals surface area contributed by atoms with Gasteiger partial charge < -0.3 is 15.2 Å². The van der Waals surface area contributed by atoms with Crippen molar-refractivity contribution >= 4 is 11.8 Å². The molecule has 0 radical (unpaired) electrons. The summed E-state index contributed by atoms with van der Waals surface area (Å²) in [4.78, 5) is 16.6. The number of aryl methyl sites for hydroxylation is 1. The van der Waals surface area contributed by atoms with Crippen molar-refractivity contribution in [2.24, 2.45) is 0 Å². The number of unbranched alkanes of at least 4 members (excludes halogenated alkanes) is 1. The molecule has 2 heterocycles. The highest BCUT2D eigenvalue weighted by Gasteiger charge is 2.42. The van der Waals surface area contributed by atoms with Gasteiger partial charge in [-0.25, -0.2) is 9.18 Å². The fourth-order valence-electron chi connectivity index (χ4n) is 5.89. The average molecular weight is 484 g/mol. The van der Waals surface area contributed by atoms with E-state index in [4.69, 9.17) is 4.74 Å². The van der Waals surface area contributed by atoms with Gasteiger partial charge in [0.2, 0.25) is 0 Å². The van der Waals surface area contributed by atoms with Crippen molar-refractivity contribution in [1.29, 1.82) is 0 Å². The Labute approximate surface area is 208 Å². The molecule has 0 spiro atoms. The van der Waals surface area contributed by atoms with Crippen LogP contribution in [0.3, 0.4) is 0 Å². The third kappa shape index (κ3) is 6.33. The fraction of sp³-hybridized carbons (Fsp3) is 0.536. The molecule has 0 aliphatic carbocycles. The molecule has 0 aromatic heterocycles. The molecule has 2 aliphatic rings. The molecule has 7 heteroatoms. The first-order valence-corrected chi connectivity index (χ1v) is 12.8. The first-order valence-electron chi connectivity index (χ1n) is 12.8. The maximum atomic E-state index is 13.3. The standard InChI is InChI=1S/C28H38FN3O3/c1-20-11-12-27(35-2)26(15-20)32(28(33)34)25-17-23-9-6-10-24(18-25)31(23)14-4-3-13-30-19-21-7-5-8-22(29)16-21/h5,7-8,11-12,15-16,23-25,30H,3-4,6,9-10,13-14,17-19H2,1-2H3,(H,33,34). The van der Waals surface area contributed by atoms with Crippen LogP contribution in [-0.4, -0.2) is 54.4 Å². The Kier molecular flexibility index (Phi) is 8.63. The minimum atomic E-state index is -0.908. The molecule has 2 fully saturated rings. The van der Waals surface area contributed by atoms with E-state index in [1.807, 2.05) is 31.2 Å². The number of hydrogen-bond donors (Lipinski definition) is 2. The van der Waals surface area contributed by atoms with Crippen molar-refractivity contribution in [2.75, 3.05) is 25.1 Å². The van der Waals surface area contributed by atoms with E-state index in [-0.39, 0.29) is 11.9 Å². The average Bonchev–Trinajstić information content (AvgIpc) is 2.81. The van der Waals surface area contributed by atoms with Gasteiger partial charge in [0, 0.05) is 24.7 Å². The third-order valence-corrected chi connectivity index (χ3v) is 7.50. The minimum absolute atomic E-state index is 0.0392. The number of anilines is 1. The van der Waals surface area contributed by atoms with Gasteiger partial charge in [0.05, 0.1) is 12.8 Å². The van der Waals surface area contributed by atoms with Crippen molar-refractivity contribution in [1.82, 2.24) is 10.2 Å². The molecule has 190 valence electrons. The maximum Gasteiger partial charge on any atom is 0.412 e. The predicted octanol–water partition coefficient (Wildman–Crippen LogP) is 5.58. The Balaban J connectivity index is 1.32. The highest BCUT2D eigenvalue weighted by molar-refractivity contribution is 5.89. The topological polar surface area (TPSA) is 65.0 Å². The number of methoxy groups -OCH3 is 1. The molecule has 1 amide bonds. The summed E-state index contributed by atoms with van der Waals surface area (Å²) in [5.74, 6) is 0.415. The summed E-state index contributed by atoms with van der Waals surface area (Å²) in [6.07, 6.45) is 6.45. The van der Waals surface area contributed by atoms with Crippen LogP contribution in [0.25, 0.3) is 0 Å². The molecule has 4 rings (SSSR count). The molecule has 2 saturated heterocycles. The zero-order valence-corrected chi connectivity index (χ0v) is 20.9. The van der Waals surface area contributed by atoms with E-state index >= 15 is 0 Å². The van der Waals surface area contributed by atoms with E-state index < -0.39 is 6.09 Å². The summed E-state index contributed by atoms with van der Waals surface area (Å²) in [5.41, 5.74) is 2.64. The number of ether oxygens (including phenoxy) is 1. The summed E-state index contributed by atoms with van der Waals surface area (Å²) in [6, 6.07) is 13.3. The Morgan fingerprint density at radius 2 is 1.94 bits per heavy atom. The molecule has 2 atom stereocenters. The number of nitrogens with one attached hydrogen (secondary N) is 1. The van der Waals surface area contributed by atoms with E-state index in [9.17, 15) is 14.3 Å². The van der Waals surface area contributed by atoms with Crippen molar-refractivity contribution in [2.45, 2.75) is 76.5 Å². The molecule has 2 aromatic rings. The molecule has 2 bridgehead atoms. The lowest BCUT2D eigenvalue weighted by Gasteiger charge is -2.50. The number of amides is 1. The third-order valence-electron chi connectivity index (χ3n) is 7.50. The Morgan fingerprint density at radius 1 is 1.17 bits per heavy atom. The second-order valence-electron chi connectivity index (χ2n) is 9.94. The van der Waals surface area contributed by atoms with Crippen LogP contribution in [0.4, 0.5) is 14.9 Å². The van der Waals surface area contributed by atoms with Gasteiger partial charge >= 0.3 is 6.09 Å². The smallest absolute Gasteiger partial charge is 0.412 e. The second kappa shape index (κ2) is 11.9. The fourth-order valence-corrected chi connectivity index (χ4v) is 5.89. The van der Waals surface area contributed by atoms with Crippen LogP contribution in [0.15, 0.2) is 42.5 Å². The van der Waals surface area contributed by atoms with Crippen molar-refractivity contribution in [3.05, 3.63) is 59.4 Å². The Hall–Kier alpha value is -2.64. The molecule has 0 saturated carbocycles. The first-order chi connectivity index (χ1) is 17.0. The summed E-state index contributed by atoms with van der Waals surface area (Å²) in [7, 11) is 1.60. The molecule has 2 aliphatic heterocycles. The lowest BCUT2D eigenvalue weighted by atomic mass is 9.81. The second-order valence-corrected chi connectivity index (χ2v) is 9.94. The molecule has 6 nitrogen and oxygen atoms in total. The highest BCUT2D eigenvalue weighted by atomic mass is 19.1. The van der Waals surface area contributed by atoms with E-state index in [1.54, 1.807) is 24.1 Å². The molecular formula is C28H38FN3O3. The zero-order chi connectivity index (χ0) is 24.8. The monoisotopic (exact) mass is 483 g/mol. The van der Waals surface area contributed by atoms with Crippen molar-refractivity contribution < 1.29 is 19.0 Å². The molecule has 2 N–H and O–H groups in total. The Morgan fingerprint density at radius 3 is 2.63 bits per heavy atom. The number of benzene rings is 2. The number of nitrogens with zero attached hydrogens (tertiary/aromatic N) is 2. The lowest BCUT2D eigenvalue weighted by molar-refractivity contribution is 0.0289. The SMILES string of the molecule is COc1ccc(C)cc1N(C(=O)O)C1CC2CCCC(C1)N2CCCCNCc1cccc(F)c1. The molecule has 2 aromatic carbocycles. The molecular weight excluding hydrogens is 445 g/mol. The van der Waals surface area contributed by atoms with Gasteiger partial charge in [0.15, 0.2) is 0 Å². The number of rotatable bonds is 10. The Bertz CT molecular complexity index is 987. The van der Waals surface area contributed by atoms with Gasteiger partial charge in [-0.1, -0.05) is 24.6 Å². The van der Waals surface area contributed by atoms with Crippen molar-refractivity contribution in [3.63, 3.8) is 0 Å². The first kappa shape index (κ1) is 25.5. The number of halogens is 1. The van der Waals surface area contributed by atoms with Crippen molar-refractivity contribution in [3.8, 4) is 5.75 Å². The normalized spacial score (nSPS) is 22.1. The summed E-state index contributed by atoms with van der Waals surface area (Å²) in [6.45, 7) is 4.61. The lowest BCUT2D eigenvalue weighted by Crippen LogP contribution is -2.58. The highest BCUT2D eigenvalue weighted by Crippen LogP contribution is 2.40. The van der Waals surface area contributed by atoms with Gasteiger partial charge in [0.25, 0.3) is 0 Å². The predicted molar refractivity (Wildman–Crippen MR) is 137 cm³/mol. The number of fused-ring (bicyclic) bond motifs is 2. The number of piperidine rings is 2. The van der Waals surface area contributed by atoms with Crippen LogP contribution in [0, 0.1) is 12.7 Å². The van der Waals surface area contributed by atoms with Gasteiger partial charge in [-0.3, -0.25) is 9.80 Å². The van der Waals surface area contributed by atoms with Gasteiger partial charge in [-0.15, -0.1) is 0 Å². The van der Waals surface area contributed by atoms with Crippen LogP contribution in [0.5, 0.6) is 5.75 Å². The molecule has 2 unspecified atom stereocenters. The molecule has 35 heavy (non-hydrogen) atoms. The largest absolute Gasteiger partial charge is 0.495 e. The number of hydrogen-bond acceptors (Lipinski definition) is 4. The van der Waals surface area contributed by atoms with E-state index in [1.165, 1.54) is 12.5 Å². The van der Waals surface area contributed by atoms with E-state index in [2.05, 4.69) is 10.2 Å². The van der Waals surface area contributed by atoms with Crippen LogP contribution in [-0.2, 0) is 6.54 Å². The summed E-state index contributed by atoms with van der Waals surface area (Å²) in [5, 5.41) is 13.6. The number of carbonyl (C=O) groups is 1. The van der Waals surface area contributed by atoms with Crippen LogP contribution in [0.2, 0.25) is 0 Å². The summed E-state index contributed by atoms with van der Waals surface area (Å²) < 4.78 is 18.8. The maximum absolute atomic E-state index is 13.3. The van der Waals surface area contributed by atoms with Crippen LogP contribution >= 0.6 is 0 Å². The van der Waals surface area contributed by atoms with Gasteiger partial charge in [-0.05, 0) is 93.9 Å². The number of carboxylic acid groups (broad SMARTS) is 1. The van der Waals surface area contributed by atoms with Gasteiger partial charge in [0.1, 0.15) is 11.6 Å². The quantitative estimate of drug-likeness (QED) is 0.432. The zero-order valence-electron chi connectivity index (χ0n) is 20.9.